The Hall–Kier alpha value is -4.30. The number of nitrogens with one attached hydrogen (secondary N) is 2. The third-order valence-corrected chi connectivity index (χ3v) is 8.14. The molecule has 0 radical (unpaired) electrons. The number of nitriles is 1. The van der Waals surface area contributed by atoms with Crippen molar-refractivity contribution in [3.05, 3.63) is 99.9 Å². The van der Waals surface area contributed by atoms with E-state index in [9.17, 15) is 14.8 Å². The SMILES string of the molecule is N#Cc1cnc2c(Cl)cc(NCc3cn(C4CCC(O)(c5ccccn5)CC4)nn3)cc2c1Nc1ccc(F)c(Cl)c1. The maximum Gasteiger partial charge on any atom is 0.141 e. The zero-order valence-electron chi connectivity index (χ0n) is 22.2. The molecule has 12 heteroatoms. The van der Waals surface area contributed by atoms with Crippen molar-refractivity contribution in [2.75, 3.05) is 10.6 Å². The fourth-order valence-electron chi connectivity index (χ4n) is 5.30. The van der Waals surface area contributed by atoms with Crippen LogP contribution in [0.15, 0.2) is 67.1 Å². The van der Waals surface area contributed by atoms with Crippen molar-refractivity contribution < 1.29 is 9.50 Å². The third kappa shape index (κ3) is 5.59. The lowest BCUT2D eigenvalue weighted by atomic mass is 9.80. The number of aliphatic hydroxyl groups is 1. The molecule has 1 saturated carbocycles. The topological polar surface area (TPSA) is 125 Å². The second-order valence-corrected chi connectivity index (χ2v) is 11.1. The average molecular weight is 603 g/mol. The summed E-state index contributed by atoms with van der Waals surface area (Å²) in [6.07, 6.45) is 7.76. The number of nitrogens with zero attached hydrogens (tertiary/aromatic N) is 6. The number of hydrogen-bond acceptors (Lipinski definition) is 8. The number of hydrogen-bond donors (Lipinski definition) is 3. The molecule has 3 aromatic heterocycles. The van der Waals surface area contributed by atoms with Crippen LogP contribution in [0.2, 0.25) is 10.0 Å². The Balaban J connectivity index is 1.18. The van der Waals surface area contributed by atoms with Crippen LogP contribution < -0.4 is 10.6 Å². The Bertz CT molecular complexity index is 1800. The van der Waals surface area contributed by atoms with Crippen LogP contribution in [0.4, 0.5) is 21.5 Å². The fraction of sp³-hybridized carbons (Fsp3) is 0.233. The first kappa shape index (κ1) is 27.8. The normalized spacial score (nSPS) is 18.5. The molecule has 1 fully saturated rings. The first-order valence-corrected chi connectivity index (χ1v) is 14.1. The molecular weight excluding hydrogens is 578 g/mol. The molecule has 0 saturated heterocycles. The Labute approximate surface area is 250 Å². The largest absolute Gasteiger partial charge is 0.384 e. The number of rotatable bonds is 7. The van der Waals surface area contributed by atoms with Crippen LogP contribution in [0.3, 0.4) is 0 Å². The molecule has 0 amide bonds. The summed E-state index contributed by atoms with van der Waals surface area (Å²) in [6, 6.07) is 15.7. The van der Waals surface area contributed by atoms with Crippen LogP contribution in [-0.4, -0.2) is 30.1 Å². The van der Waals surface area contributed by atoms with E-state index >= 15 is 0 Å². The maximum atomic E-state index is 13.7. The summed E-state index contributed by atoms with van der Waals surface area (Å²) in [7, 11) is 0. The van der Waals surface area contributed by atoms with Crippen molar-refractivity contribution in [3.8, 4) is 6.07 Å². The molecule has 2 aromatic carbocycles. The monoisotopic (exact) mass is 602 g/mol. The first-order chi connectivity index (χ1) is 20.3. The summed E-state index contributed by atoms with van der Waals surface area (Å²) in [6.45, 7) is 0.383. The lowest BCUT2D eigenvalue weighted by Crippen LogP contribution is -2.33. The van der Waals surface area contributed by atoms with Crippen LogP contribution in [0.25, 0.3) is 10.9 Å². The second kappa shape index (κ2) is 11.5. The minimum atomic E-state index is -0.922. The lowest BCUT2D eigenvalue weighted by Gasteiger charge is -2.35. The summed E-state index contributed by atoms with van der Waals surface area (Å²) >= 11 is 12.6. The Kier molecular flexibility index (Phi) is 7.64. The molecule has 0 bridgehead atoms. The summed E-state index contributed by atoms with van der Waals surface area (Å²) in [5.41, 5.74) is 3.00. The molecule has 0 aliphatic heterocycles. The van der Waals surface area contributed by atoms with Gasteiger partial charge in [-0.3, -0.25) is 9.97 Å². The third-order valence-electron chi connectivity index (χ3n) is 7.56. The Morgan fingerprint density at radius 1 is 1.07 bits per heavy atom. The van der Waals surface area contributed by atoms with Crippen LogP contribution in [0.1, 0.15) is 48.7 Å². The number of halogens is 3. The highest BCUT2D eigenvalue weighted by Crippen LogP contribution is 2.40. The first-order valence-electron chi connectivity index (χ1n) is 13.4. The van der Waals surface area contributed by atoms with Gasteiger partial charge in [-0.15, -0.1) is 5.10 Å². The van der Waals surface area contributed by atoms with Gasteiger partial charge in [0, 0.05) is 29.2 Å². The van der Waals surface area contributed by atoms with Gasteiger partial charge in [0.2, 0.25) is 0 Å². The quantitative estimate of drug-likeness (QED) is 0.184. The van der Waals surface area contributed by atoms with Crippen LogP contribution in [-0.2, 0) is 12.1 Å². The van der Waals surface area contributed by atoms with E-state index in [2.05, 4.69) is 37.0 Å². The van der Waals surface area contributed by atoms with Gasteiger partial charge in [-0.2, -0.15) is 5.26 Å². The van der Waals surface area contributed by atoms with Gasteiger partial charge in [-0.05, 0) is 68.1 Å². The van der Waals surface area contributed by atoms with E-state index in [-0.39, 0.29) is 11.1 Å². The highest BCUT2D eigenvalue weighted by molar-refractivity contribution is 6.36. The molecule has 3 heterocycles. The summed E-state index contributed by atoms with van der Waals surface area (Å²) < 4.78 is 15.6. The van der Waals surface area contributed by atoms with Gasteiger partial charge in [-0.25, -0.2) is 9.07 Å². The molecule has 1 aliphatic carbocycles. The van der Waals surface area contributed by atoms with E-state index in [4.69, 9.17) is 23.2 Å². The molecule has 5 aromatic rings. The Morgan fingerprint density at radius 3 is 2.62 bits per heavy atom. The summed E-state index contributed by atoms with van der Waals surface area (Å²) in [4.78, 5) is 8.73. The highest BCUT2D eigenvalue weighted by Gasteiger charge is 2.36. The number of anilines is 3. The minimum absolute atomic E-state index is 0.0394. The molecule has 212 valence electrons. The molecule has 0 spiro atoms. The predicted octanol–water partition coefficient (Wildman–Crippen LogP) is 6.90. The van der Waals surface area contributed by atoms with Gasteiger partial charge in [0.25, 0.3) is 0 Å². The lowest BCUT2D eigenvalue weighted by molar-refractivity contribution is -0.0175. The standard InChI is InChI=1S/C30H25Cl2FN8O/c31-24-12-19(4-5-26(24)33)38-28-18(14-34)15-37-29-23(28)11-20(13-25(29)32)36-16-21-17-41(40-39-21)22-6-8-30(42,9-7-22)27-3-1-2-10-35-27/h1-5,10-13,15,17,22,36,42H,6-9,16H2,(H,37,38). The molecule has 9 nitrogen and oxygen atoms in total. The minimum Gasteiger partial charge on any atom is -0.384 e. The van der Waals surface area contributed by atoms with Crippen LogP contribution in [0.5, 0.6) is 0 Å². The molecule has 1 aliphatic rings. The van der Waals surface area contributed by atoms with E-state index in [1.807, 2.05) is 35.1 Å². The van der Waals surface area contributed by atoms with Gasteiger partial charge in [-0.1, -0.05) is 34.5 Å². The summed E-state index contributed by atoms with van der Waals surface area (Å²) in [5, 5.41) is 37.0. The number of fused-ring (bicyclic) bond motifs is 1. The van der Waals surface area contributed by atoms with Crippen LogP contribution >= 0.6 is 23.2 Å². The van der Waals surface area contributed by atoms with Gasteiger partial charge in [0.05, 0.1) is 51.3 Å². The Morgan fingerprint density at radius 2 is 1.88 bits per heavy atom. The molecule has 0 atom stereocenters. The molecule has 3 N–H and O–H groups in total. The zero-order valence-corrected chi connectivity index (χ0v) is 23.7. The van der Waals surface area contributed by atoms with Crippen molar-refractivity contribution in [1.82, 2.24) is 25.0 Å². The van der Waals surface area contributed by atoms with Gasteiger partial charge in [0.15, 0.2) is 0 Å². The molecule has 0 unspecified atom stereocenters. The maximum absolute atomic E-state index is 13.7. The van der Waals surface area contributed by atoms with E-state index in [0.29, 0.717) is 63.6 Å². The molecular formula is C30H25Cl2FN8O. The van der Waals surface area contributed by atoms with E-state index in [1.165, 1.54) is 24.4 Å². The smallest absolute Gasteiger partial charge is 0.141 e. The average Bonchev–Trinajstić information content (AvgIpc) is 3.48. The van der Waals surface area contributed by atoms with Crippen molar-refractivity contribution >= 4 is 51.2 Å². The predicted molar refractivity (Wildman–Crippen MR) is 159 cm³/mol. The van der Waals surface area contributed by atoms with Crippen molar-refractivity contribution in [1.29, 1.82) is 5.26 Å². The van der Waals surface area contributed by atoms with Gasteiger partial charge in [0.1, 0.15) is 23.2 Å². The van der Waals surface area contributed by atoms with Crippen LogP contribution in [0, 0.1) is 17.1 Å². The van der Waals surface area contributed by atoms with Crippen molar-refractivity contribution in [2.24, 2.45) is 0 Å². The number of aromatic nitrogens is 5. The molecule has 6 rings (SSSR count). The highest BCUT2D eigenvalue weighted by atomic mass is 35.5. The van der Waals surface area contributed by atoms with Crippen molar-refractivity contribution in [2.45, 2.75) is 43.9 Å². The van der Waals surface area contributed by atoms with Crippen molar-refractivity contribution in [3.63, 3.8) is 0 Å². The van der Waals surface area contributed by atoms with E-state index < -0.39 is 11.4 Å². The van der Waals surface area contributed by atoms with E-state index in [1.54, 1.807) is 12.3 Å². The summed E-state index contributed by atoms with van der Waals surface area (Å²) in [5.74, 6) is -0.539. The number of pyridine rings is 2. The second-order valence-electron chi connectivity index (χ2n) is 10.3. The van der Waals surface area contributed by atoms with Gasteiger partial charge < -0.3 is 15.7 Å². The van der Waals surface area contributed by atoms with E-state index in [0.717, 1.165) is 18.5 Å². The van der Waals surface area contributed by atoms with Gasteiger partial charge >= 0.3 is 0 Å². The zero-order chi connectivity index (χ0) is 29.3. The molecule has 42 heavy (non-hydrogen) atoms. The number of benzene rings is 2. The fourth-order valence-corrected chi connectivity index (χ4v) is 5.75.